The highest BCUT2D eigenvalue weighted by atomic mass is 35.5. The van der Waals surface area contributed by atoms with E-state index in [4.69, 9.17) is 16.3 Å². The maximum atomic E-state index is 12.5. The van der Waals surface area contributed by atoms with E-state index in [9.17, 15) is 4.79 Å². The average molecular weight is 371 g/mol. The highest BCUT2D eigenvalue weighted by Crippen LogP contribution is 2.29. The number of carbonyl (C=O) groups excluding carboxylic acids is 1. The Bertz CT molecular complexity index is 705. The van der Waals surface area contributed by atoms with Crippen molar-refractivity contribution in [3.8, 4) is 5.75 Å². The fourth-order valence-corrected chi connectivity index (χ4v) is 3.94. The molecule has 0 aromatic heterocycles. The van der Waals surface area contributed by atoms with E-state index < -0.39 is 0 Å². The second kappa shape index (κ2) is 9.78. The third-order valence-corrected chi connectivity index (χ3v) is 5.51. The molecule has 0 heterocycles. The van der Waals surface area contributed by atoms with Gasteiger partial charge in [0.05, 0.1) is 11.6 Å². The number of carbonyl (C=O) groups is 1. The van der Waals surface area contributed by atoms with Crippen LogP contribution in [0.5, 0.6) is 5.75 Å². The molecular formula is C23H27ClO2. The third-order valence-electron chi connectivity index (χ3n) is 5.22. The zero-order valence-electron chi connectivity index (χ0n) is 15.3. The van der Waals surface area contributed by atoms with Gasteiger partial charge in [0.25, 0.3) is 0 Å². The summed E-state index contributed by atoms with van der Waals surface area (Å²) in [6, 6.07) is 14.5. The van der Waals surface area contributed by atoms with Gasteiger partial charge in [-0.15, -0.1) is 0 Å². The molecule has 1 aliphatic carbocycles. The standard InChI is InChI=1S/C23H27ClO2/c24-21-17-20(23(25)19-12-5-2-6-13-19)14-15-22(21)26-16-8-7-11-18-9-3-1-4-10-18/h2,5-6,12-15,17-18H,1,3-4,7-11,16H2. The van der Waals surface area contributed by atoms with Crippen LogP contribution in [0.25, 0.3) is 0 Å². The molecule has 26 heavy (non-hydrogen) atoms. The lowest BCUT2D eigenvalue weighted by atomic mass is 9.86. The second-order valence-electron chi connectivity index (χ2n) is 7.19. The molecule has 1 fully saturated rings. The second-order valence-corrected chi connectivity index (χ2v) is 7.60. The predicted molar refractivity (Wildman–Crippen MR) is 107 cm³/mol. The Balaban J connectivity index is 1.46. The molecule has 3 heteroatoms. The molecule has 0 amide bonds. The van der Waals surface area contributed by atoms with E-state index in [0.717, 1.165) is 12.3 Å². The first-order valence-electron chi connectivity index (χ1n) is 9.76. The van der Waals surface area contributed by atoms with E-state index in [1.807, 2.05) is 30.3 Å². The Hall–Kier alpha value is -1.80. The topological polar surface area (TPSA) is 26.3 Å². The quantitative estimate of drug-likeness (QED) is 0.381. The number of ketones is 1. The predicted octanol–water partition coefficient (Wildman–Crippen LogP) is 6.70. The Labute approximate surface area is 161 Å². The summed E-state index contributed by atoms with van der Waals surface area (Å²) < 4.78 is 5.82. The number of rotatable bonds is 8. The summed E-state index contributed by atoms with van der Waals surface area (Å²) in [7, 11) is 0. The molecule has 0 aliphatic heterocycles. The van der Waals surface area contributed by atoms with Crippen molar-refractivity contribution in [1.82, 2.24) is 0 Å². The van der Waals surface area contributed by atoms with E-state index in [1.54, 1.807) is 18.2 Å². The van der Waals surface area contributed by atoms with E-state index in [1.165, 1.54) is 44.9 Å². The van der Waals surface area contributed by atoms with Gasteiger partial charge in [0.1, 0.15) is 5.75 Å². The van der Waals surface area contributed by atoms with Crippen LogP contribution < -0.4 is 4.74 Å². The van der Waals surface area contributed by atoms with Crippen LogP contribution in [0.15, 0.2) is 48.5 Å². The van der Waals surface area contributed by atoms with Gasteiger partial charge in [0.2, 0.25) is 0 Å². The first-order chi connectivity index (χ1) is 12.7. The van der Waals surface area contributed by atoms with E-state index >= 15 is 0 Å². The first kappa shape index (κ1) is 19.0. The summed E-state index contributed by atoms with van der Waals surface area (Å²) in [5.41, 5.74) is 1.26. The van der Waals surface area contributed by atoms with Gasteiger partial charge in [0.15, 0.2) is 5.78 Å². The van der Waals surface area contributed by atoms with Crippen LogP contribution >= 0.6 is 11.6 Å². The molecule has 0 bridgehead atoms. The Morgan fingerprint density at radius 1 is 0.962 bits per heavy atom. The minimum absolute atomic E-state index is 0.0217. The van der Waals surface area contributed by atoms with Crippen LogP contribution in [-0.2, 0) is 0 Å². The van der Waals surface area contributed by atoms with Crippen LogP contribution in [0.1, 0.15) is 67.3 Å². The summed E-state index contributed by atoms with van der Waals surface area (Å²) in [4.78, 5) is 12.5. The van der Waals surface area contributed by atoms with E-state index in [2.05, 4.69) is 0 Å². The van der Waals surface area contributed by atoms with Crippen LogP contribution in [-0.4, -0.2) is 12.4 Å². The molecule has 1 aliphatic rings. The average Bonchev–Trinajstić information content (AvgIpc) is 2.69. The van der Waals surface area contributed by atoms with Crippen LogP contribution in [0.2, 0.25) is 5.02 Å². The van der Waals surface area contributed by atoms with Crippen molar-refractivity contribution in [2.45, 2.75) is 51.4 Å². The van der Waals surface area contributed by atoms with Crippen molar-refractivity contribution in [2.24, 2.45) is 5.92 Å². The monoisotopic (exact) mass is 370 g/mol. The van der Waals surface area contributed by atoms with Crippen LogP contribution in [0.3, 0.4) is 0 Å². The lowest BCUT2D eigenvalue weighted by Crippen LogP contribution is -2.07. The largest absolute Gasteiger partial charge is 0.492 e. The molecule has 2 aromatic rings. The Morgan fingerprint density at radius 2 is 1.73 bits per heavy atom. The van der Waals surface area contributed by atoms with Gasteiger partial charge in [-0.2, -0.15) is 0 Å². The lowest BCUT2D eigenvalue weighted by Gasteiger charge is -2.21. The number of hydrogen-bond donors (Lipinski definition) is 0. The SMILES string of the molecule is O=C(c1ccccc1)c1ccc(OCCCCC2CCCCC2)c(Cl)c1. The van der Waals surface area contributed by atoms with Crippen LogP contribution in [0, 0.1) is 5.92 Å². The summed E-state index contributed by atoms with van der Waals surface area (Å²) in [5.74, 6) is 1.57. The molecule has 0 saturated heterocycles. The molecule has 2 nitrogen and oxygen atoms in total. The van der Waals surface area contributed by atoms with Crippen molar-refractivity contribution >= 4 is 17.4 Å². The smallest absolute Gasteiger partial charge is 0.193 e. The Kier molecular flexibility index (Phi) is 7.13. The highest BCUT2D eigenvalue weighted by molar-refractivity contribution is 6.32. The molecule has 0 unspecified atom stereocenters. The summed E-state index contributed by atoms with van der Waals surface area (Å²) >= 11 is 6.32. The van der Waals surface area contributed by atoms with Gasteiger partial charge in [-0.05, 0) is 37.0 Å². The van der Waals surface area contributed by atoms with E-state index in [-0.39, 0.29) is 5.78 Å². The molecule has 0 radical (unpaired) electrons. The minimum Gasteiger partial charge on any atom is -0.492 e. The minimum atomic E-state index is -0.0217. The molecule has 138 valence electrons. The van der Waals surface area contributed by atoms with Crippen LogP contribution in [0.4, 0.5) is 0 Å². The first-order valence-corrected chi connectivity index (χ1v) is 10.1. The fraction of sp³-hybridized carbons (Fsp3) is 0.435. The van der Waals surface area contributed by atoms with Crippen molar-refractivity contribution in [2.75, 3.05) is 6.61 Å². The van der Waals surface area contributed by atoms with Gasteiger partial charge in [-0.25, -0.2) is 0 Å². The van der Waals surface area contributed by atoms with E-state index in [0.29, 0.717) is 28.5 Å². The van der Waals surface area contributed by atoms with Crippen molar-refractivity contribution < 1.29 is 9.53 Å². The molecule has 0 atom stereocenters. The molecule has 3 rings (SSSR count). The third kappa shape index (κ3) is 5.35. The van der Waals surface area contributed by atoms with Crippen molar-refractivity contribution in [1.29, 1.82) is 0 Å². The lowest BCUT2D eigenvalue weighted by molar-refractivity contribution is 0.103. The van der Waals surface area contributed by atoms with Gasteiger partial charge in [-0.3, -0.25) is 4.79 Å². The van der Waals surface area contributed by atoms with Crippen molar-refractivity contribution in [3.05, 3.63) is 64.7 Å². The maximum absolute atomic E-state index is 12.5. The number of benzene rings is 2. The molecule has 0 N–H and O–H groups in total. The Morgan fingerprint density at radius 3 is 2.46 bits per heavy atom. The zero-order chi connectivity index (χ0) is 18.2. The van der Waals surface area contributed by atoms with Gasteiger partial charge >= 0.3 is 0 Å². The number of ether oxygens (including phenoxy) is 1. The number of hydrogen-bond acceptors (Lipinski definition) is 2. The van der Waals surface area contributed by atoms with Gasteiger partial charge < -0.3 is 4.74 Å². The molecular weight excluding hydrogens is 344 g/mol. The highest BCUT2D eigenvalue weighted by Gasteiger charge is 2.13. The zero-order valence-corrected chi connectivity index (χ0v) is 16.0. The van der Waals surface area contributed by atoms with Gasteiger partial charge in [0, 0.05) is 11.1 Å². The van der Waals surface area contributed by atoms with Crippen molar-refractivity contribution in [3.63, 3.8) is 0 Å². The number of halogens is 1. The summed E-state index contributed by atoms with van der Waals surface area (Å²) in [6.07, 6.45) is 10.6. The number of unbranched alkanes of at least 4 members (excludes halogenated alkanes) is 1. The summed E-state index contributed by atoms with van der Waals surface area (Å²) in [6.45, 7) is 0.679. The molecule has 2 aromatic carbocycles. The fourth-order valence-electron chi connectivity index (χ4n) is 3.71. The van der Waals surface area contributed by atoms with Gasteiger partial charge in [-0.1, -0.05) is 80.5 Å². The molecule has 1 saturated carbocycles. The molecule has 0 spiro atoms. The normalized spacial score (nSPS) is 15.0. The summed E-state index contributed by atoms with van der Waals surface area (Å²) in [5, 5.41) is 0.499. The maximum Gasteiger partial charge on any atom is 0.193 e.